The van der Waals surface area contributed by atoms with Crippen molar-refractivity contribution < 1.29 is 23.4 Å². The third-order valence-electron chi connectivity index (χ3n) is 2.72. The fourth-order valence-corrected chi connectivity index (χ4v) is 1.78. The highest BCUT2D eigenvalue weighted by molar-refractivity contribution is 5.79. The SMILES string of the molecule is CCC1OCCC1C(=O)NCC(O)C(F)F. The lowest BCUT2D eigenvalue weighted by atomic mass is 9.99. The van der Waals surface area contributed by atoms with Crippen LogP contribution in [-0.4, -0.2) is 42.8 Å². The van der Waals surface area contributed by atoms with Gasteiger partial charge in [0.15, 0.2) is 0 Å². The van der Waals surface area contributed by atoms with Crippen molar-refractivity contribution in [2.45, 2.75) is 38.4 Å². The topological polar surface area (TPSA) is 58.6 Å². The van der Waals surface area contributed by atoms with Crippen LogP contribution in [0.15, 0.2) is 0 Å². The van der Waals surface area contributed by atoms with Crippen LogP contribution in [0.4, 0.5) is 8.78 Å². The second-order valence-electron chi connectivity index (χ2n) is 3.86. The summed E-state index contributed by atoms with van der Waals surface area (Å²) in [5.74, 6) is -0.598. The van der Waals surface area contributed by atoms with E-state index in [1.807, 2.05) is 6.92 Å². The van der Waals surface area contributed by atoms with Crippen molar-refractivity contribution in [3.63, 3.8) is 0 Å². The molecule has 1 aliphatic heterocycles. The first-order valence-electron chi connectivity index (χ1n) is 5.41. The van der Waals surface area contributed by atoms with Crippen LogP contribution in [0.2, 0.25) is 0 Å². The van der Waals surface area contributed by atoms with E-state index in [0.717, 1.165) is 6.42 Å². The van der Waals surface area contributed by atoms with Gasteiger partial charge in [0.1, 0.15) is 6.10 Å². The summed E-state index contributed by atoms with van der Waals surface area (Å²) in [6.45, 7) is 2.02. The van der Waals surface area contributed by atoms with Crippen LogP contribution in [0, 0.1) is 5.92 Å². The Bertz CT molecular complexity index is 238. The van der Waals surface area contributed by atoms with Gasteiger partial charge in [0, 0.05) is 13.2 Å². The molecule has 1 rings (SSSR count). The highest BCUT2D eigenvalue weighted by Gasteiger charge is 2.33. The van der Waals surface area contributed by atoms with Crippen molar-refractivity contribution >= 4 is 5.91 Å². The van der Waals surface area contributed by atoms with Gasteiger partial charge >= 0.3 is 0 Å². The number of alkyl halides is 2. The summed E-state index contributed by atoms with van der Waals surface area (Å²) in [6.07, 6.45) is -3.44. The summed E-state index contributed by atoms with van der Waals surface area (Å²) in [5.41, 5.74) is 0. The Morgan fingerprint density at radius 1 is 1.62 bits per heavy atom. The van der Waals surface area contributed by atoms with Gasteiger partial charge in [-0.2, -0.15) is 0 Å². The number of amides is 1. The number of carbonyl (C=O) groups is 1. The van der Waals surface area contributed by atoms with Gasteiger partial charge < -0.3 is 15.2 Å². The molecule has 1 aliphatic rings. The number of hydrogen-bond donors (Lipinski definition) is 2. The third-order valence-corrected chi connectivity index (χ3v) is 2.72. The van der Waals surface area contributed by atoms with Gasteiger partial charge in [-0.1, -0.05) is 6.92 Å². The predicted octanol–water partition coefficient (Wildman–Crippen LogP) is 0.544. The summed E-state index contributed by atoms with van der Waals surface area (Å²) in [4.78, 5) is 11.6. The van der Waals surface area contributed by atoms with Crippen molar-refractivity contribution in [3.05, 3.63) is 0 Å². The molecule has 1 saturated heterocycles. The average Bonchev–Trinajstić information content (AvgIpc) is 2.73. The van der Waals surface area contributed by atoms with Crippen molar-refractivity contribution in [3.8, 4) is 0 Å². The van der Waals surface area contributed by atoms with Crippen molar-refractivity contribution in [2.75, 3.05) is 13.2 Å². The Balaban J connectivity index is 2.34. The molecule has 3 unspecified atom stereocenters. The van der Waals surface area contributed by atoms with Crippen molar-refractivity contribution in [1.82, 2.24) is 5.32 Å². The van der Waals surface area contributed by atoms with Crippen LogP contribution < -0.4 is 5.32 Å². The van der Waals surface area contributed by atoms with Crippen LogP contribution >= 0.6 is 0 Å². The highest BCUT2D eigenvalue weighted by atomic mass is 19.3. The van der Waals surface area contributed by atoms with Crippen LogP contribution in [0.25, 0.3) is 0 Å². The minimum absolute atomic E-state index is 0.135. The zero-order chi connectivity index (χ0) is 12.1. The molecule has 0 bridgehead atoms. The zero-order valence-electron chi connectivity index (χ0n) is 9.16. The van der Waals surface area contributed by atoms with E-state index >= 15 is 0 Å². The summed E-state index contributed by atoms with van der Waals surface area (Å²) in [5, 5.41) is 11.2. The van der Waals surface area contributed by atoms with Gasteiger partial charge in [0.25, 0.3) is 6.43 Å². The lowest BCUT2D eigenvalue weighted by Gasteiger charge is -2.17. The number of halogens is 2. The molecule has 0 aromatic heterocycles. The fraction of sp³-hybridized carbons (Fsp3) is 0.900. The maximum absolute atomic E-state index is 12.0. The number of rotatable bonds is 5. The standard InChI is InChI=1S/C10H17F2NO3/c1-2-8-6(3-4-16-8)10(15)13-5-7(14)9(11)12/h6-9,14H,2-5H2,1H3,(H,13,15). The van der Waals surface area contributed by atoms with Gasteiger partial charge in [-0.15, -0.1) is 0 Å². The minimum Gasteiger partial charge on any atom is -0.385 e. The Labute approximate surface area is 93.0 Å². The molecule has 1 amide bonds. The molecule has 4 nitrogen and oxygen atoms in total. The van der Waals surface area contributed by atoms with Gasteiger partial charge in [-0.05, 0) is 12.8 Å². The molecule has 1 heterocycles. The number of nitrogens with one attached hydrogen (secondary N) is 1. The largest absolute Gasteiger partial charge is 0.385 e. The van der Waals surface area contributed by atoms with E-state index in [9.17, 15) is 13.6 Å². The number of aliphatic hydroxyl groups excluding tert-OH is 1. The summed E-state index contributed by atoms with van der Waals surface area (Å²) in [7, 11) is 0. The molecular formula is C10H17F2NO3. The maximum atomic E-state index is 12.0. The lowest BCUT2D eigenvalue weighted by Crippen LogP contribution is -2.41. The summed E-state index contributed by atoms with van der Waals surface area (Å²) >= 11 is 0. The molecule has 16 heavy (non-hydrogen) atoms. The Morgan fingerprint density at radius 2 is 2.31 bits per heavy atom. The first-order chi connectivity index (χ1) is 7.56. The smallest absolute Gasteiger partial charge is 0.265 e. The van der Waals surface area contributed by atoms with E-state index in [4.69, 9.17) is 9.84 Å². The quantitative estimate of drug-likeness (QED) is 0.734. The Kier molecular flexibility index (Phi) is 5.08. The molecule has 0 aromatic carbocycles. The summed E-state index contributed by atoms with van der Waals surface area (Å²) < 4.78 is 29.3. The monoisotopic (exact) mass is 237 g/mol. The molecule has 0 saturated carbocycles. The number of aliphatic hydroxyl groups is 1. The molecule has 3 atom stereocenters. The molecule has 0 radical (unpaired) electrons. The third kappa shape index (κ3) is 3.38. The van der Waals surface area contributed by atoms with Gasteiger partial charge in [0.2, 0.25) is 5.91 Å². The maximum Gasteiger partial charge on any atom is 0.265 e. The van der Waals surface area contributed by atoms with Crippen LogP contribution in [-0.2, 0) is 9.53 Å². The molecule has 94 valence electrons. The lowest BCUT2D eigenvalue weighted by molar-refractivity contribution is -0.127. The van der Waals surface area contributed by atoms with E-state index in [1.165, 1.54) is 0 Å². The molecule has 1 fully saturated rings. The van der Waals surface area contributed by atoms with E-state index < -0.39 is 19.1 Å². The molecule has 0 aromatic rings. The average molecular weight is 237 g/mol. The van der Waals surface area contributed by atoms with Crippen molar-refractivity contribution in [1.29, 1.82) is 0 Å². The second-order valence-corrected chi connectivity index (χ2v) is 3.86. The second kappa shape index (κ2) is 6.10. The highest BCUT2D eigenvalue weighted by Crippen LogP contribution is 2.23. The fourth-order valence-electron chi connectivity index (χ4n) is 1.78. The molecule has 6 heteroatoms. The minimum atomic E-state index is -2.83. The number of carbonyl (C=O) groups excluding carboxylic acids is 1. The zero-order valence-corrected chi connectivity index (χ0v) is 9.16. The Hall–Kier alpha value is -0.750. The molecular weight excluding hydrogens is 220 g/mol. The first-order valence-corrected chi connectivity index (χ1v) is 5.41. The van der Waals surface area contributed by atoms with E-state index in [1.54, 1.807) is 0 Å². The van der Waals surface area contributed by atoms with Gasteiger partial charge in [-0.25, -0.2) is 8.78 Å². The number of ether oxygens (including phenoxy) is 1. The van der Waals surface area contributed by atoms with Crippen LogP contribution in [0.5, 0.6) is 0 Å². The van der Waals surface area contributed by atoms with Crippen LogP contribution in [0.1, 0.15) is 19.8 Å². The molecule has 0 aliphatic carbocycles. The molecule has 0 spiro atoms. The predicted molar refractivity (Wildman–Crippen MR) is 53.2 cm³/mol. The van der Waals surface area contributed by atoms with Gasteiger partial charge in [0.05, 0.1) is 12.0 Å². The normalized spacial score (nSPS) is 27.1. The number of hydrogen-bond acceptors (Lipinski definition) is 3. The van der Waals surface area contributed by atoms with Gasteiger partial charge in [-0.3, -0.25) is 4.79 Å². The van der Waals surface area contributed by atoms with E-state index in [0.29, 0.717) is 13.0 Å². The summed E-state index contributed by atoms with van der Waals surface area (Å²) in [6, 6.07) is 0. The van der Waals surface area contributed by atoms with Crippen molar-refractivity contribution in [2.24, 2.45) is 5.92 Å². The van der Waals surface area contributed by atoms with Crippen LogP contribution in [0.3, 0.4) is 0 Å². The molecule has 2 N–H and O–H groups in total. The van der Waals surface area contributed by atoms with E-state index in [2.05, 4.69) is 5.32 Å². The Morgan fingerprint density at radius 3 is 2.88 bits per heavy atom. The van der Waals surface area contributed by atoms with E-state index in [-0.39, 0.29) is 17.9 Å². The first kappa shape index (κ1) is 13.3.